The number of benzene rings is 1. The summed E-state index contributed by atoms with van der Waals surface area (Å²) in [5.74, 6) is 0. The minimum atomic E-state index is -0.245. The molecule has 1 saturated heterocycles. The van der Waals surface area contributed by atoms with E-state index in [0.29, 0.717) is 13.2 Å². The van der Waals surface area contributed by atoms with Crippen LogP contribution in [0.25, 0.3) is 0 Å². The van der Waals surface area contributed by atoms with Crippen LogP contribution in [0.4, 0.5) is 0 Å². The van der Waals surface area contributed by atoms with Crippen LogP contribution in [0.5, 0.6) is 0 Å². The maximum Gasteiger partial charge on any atom is 0.110 e. The van der Waals surface area contributed by atoms with E-state index in [2.05, 4.69) is 21.4 Å². The van der Waals surface area contributed by atoms with Crippen molar-refractivity contribution in [1.82, 2.24) is 5.32 Å². The summed E-state index contributed by atoms with van der Waals surface area (Å²) in [5, 5.41) is 4.39. The summed E-state index contributed by atoms with van der Waals surface area (Å²) in [6.45, 7) is 7.28. The molecular formula is C20H26ClN3O. The summed E-state index contributed by atoms with van der Waals surface area (Å²) >= 11 is 6.30. The van der Waals surface area contributed by atoms with E-state index < -0.39 is 0 Å². The number of nitrogens with zero attached hydrogens (tertiary/aromatic N) is 2. The lowest BCUT2D eigenvalue weighted by atomic mass is 9.84. The van der Waals surface area contributed by atoms with E-state index in [9.17, 15) is 0 Å². The van der Waals surface area contributed by atoms with E-state index in [-0.39, 0.29) is 5.54 Å². The number of halogens is 1. The Morgan fingerprint density at radius 3 is 2.32 bits per heavy atom. The summed E-state index contributed by atoms with van der Waals surface area (Å²) in [4.78, 5) is 8.53. The van der Waals surface area contributed by atoms with Crippen LogP contribution in [0, 0.1) is 6.92 Å². The number of rotatable bonds is 3. The van der Waals surface area contributed by atoms with Gasteiger partial charge < -0.3 is 10.1 Å². The van der Waals surface area contributed by atoms with Gasteiger partial charge in [-0.05, 0) is 42.3 Å². The average molecular weight is 360 g/mol. The third kappa shape index (κ3) is 3.86. The van der Waals surface area contributed by atoms with Crippen molar-refractivity contribution in [3.63, 3.8) is 0 Å². The highest BCUT2D eigenvalue weighted by Gasteiger charge is 2.42. The molecule has 0 radical (unpaired) electrons. The van der Waals surface area contributed by atoms with E-state index in [1.807, 2.05) is 51.1 Å². The van der Waals surface area contributed by atoms with Crippen molar-refractivity contribution >= 4 is 23.0 Å². The van der Waals surface area contributed by atoms with Gasteiger partial charge in [0, 0.05) is 24.8 Å². The lowest BCUT2D eigenvalue weighted by Crippen LogP contribution is -2.57. The fourth-order valence-electron chi connectivity index (χ4n) is 2.97. The zero-order valence-corrected chi connectivity index (χ0v) is 16.3. The van der Waals surface area contributed by atoms with Gasteiger partial charge in [-0.3, -0.25) is 9.98 Å². The first-order valence-electron chi connectivity index (χ1n) is 8.55. The van der Waals surface area contributed by atoms with Crippen molar-refractivity contribution in [1.29, 1.82) is 0 Å². The van der Waals surface area contributed by atoms with Crippen LogP contribution >= 0.6 is 11.6 Å². The average Bonchev–Trinajstić information content (AvgIpc) is 2.62. The monoisotopic (exact) mass is 359 g/mol. The smallest absolute Gasteiger partial charge is 0.110 e. The van der Waals surface area contributed by atoms with Crippen LogP contribution in [-0.4, -0.2) is 38.7 Å². The Morgan fingerprint density at radius 2 is 1.76 bits per heavy atom. The molecule has 0 amide bonds. The van der Waals surface area contributed by atoms with Crippen LogP contribution < -0.4 is 5.32 Å². The number of ether oxygens (including phenoxy) is 1. The highest BCUT2D eigenvalue weighted by molar-refractivity contribution is 6.51. The number of nitrogens with one attached hydrogen (secondary N) is 1. The normalized spacial score (nSPS) is 21.3. The standard InChI is InChI=1S/C18H20ClN3O.C2H6/c1-12-14(5-4-6-15(12)19)18(10-23-11-18)22-13-7-8-16(20-2)17(9-13)21-3;1-2/h4-9,22H,10-11H2,1-3H3;1-2H3. The van der Waals surface area contributed by atoms with Crippen LogP contribution in [0.3, 0.4) is 0 Å². The van der Waals surface area contributed by atoms with Gasteiger partial charge in [0.1, 0.15) is 5.54 Å². The maximum absolute atomic E-state index is 6.30. The molecule has 1 heterocycles. The predicted molar refractivity (Wildman–Crippen MR) is 107 cm³/mol. The molecule has 0 saturated carbocycles. The molecule has 1 aromatic carbocycles. The minimum absolute atomic E-state index is 0.245. The first-order valence-corrected chi connectivity index (χ1v) is 8.93. The largest absolute Gasteiger partial charge is 0.376 e. The van der Waals surface area contributed by atoms with Gasteiger partial charge in [-0.15, -0.1) is 0 Å². The van der Waals surface area contributed by atoms with Crippen molar-refractivity contribution in [3.8, 4) is 0 Å². The van der Waals surface area contributed by atoms with Crippen LogP contribution in [0.2, 0.25) is 5.02 Å². The fourth-order valence-corrected chi connectivity index (χ4v) is 3.15. The fraction of sp³-hybridized carbons (Fsp3) is 0.400. The van der Waals surface area contributed by atoms with Crippen molar-refractivity contribution in [2.45, 2.75) is 26.3 Å². The molecule has 0 spiro atoms. The molecule has 3 rings (SSSR count). The molecule has 134 valence electrons. The molecule has 5 heteroatoms. The molecular weight excluding hydrogens is 334 g/mol. The highest BCUT2D eigenvalue weighted by Crippen LogP contribution is 2.35. The molecule has 1 aliphatic carbocycles. The molecule has 1 aliphatic heterocycles. The summed E-state index contributed by atoms with van der Waals surface area (Å²) in [5.41, 5.74) is 4.78. The van der Waals surface area contributed by atoms with E-state index in [4.69, 9.17) is 16.3 Å². The summed E-state index contributed by atoms with van der Waals surface area (Å²) in [6.07, 6.45) is 6.02. The Bertz CT molecular complexity index is 743. The highest BCUT2D eigenvalue weighted by atomic mass is 35.5. The van der Waals surface area contributed by atoms with E-state index in [1.54, 1.807) is 14.1 Å². The number of allylic oxidation sites excluding steroid dienone is 3. The van der Waals surface area contributed by atoms with Crippen LogP contribution in [0.1, 0.15) is 25.0 Å². The van der Waals surface area contributed by atoms with E-state index >= 15 is 0 Å². The summed E-state index contributed by atoms with van der Waals surface area (Å²) in [6, 6.07) is 6.01. The van der Waals surface area contributed by atoms with Crippen molar-refractivity contribution in [3.05, 3.63) is 58.3 Å². The molecule has 0 bridgehead atoms. The van der Waals surface area contributed by atoms with Crippen molar-refractivity contribution in [2.24, 2.45) is 9.98 Å². The first kappa shape index (κ1) is 19.4. The van der Waals surface area contributed by atoms with Crippen LogP contribution in [0.15, 0.2) is 52.1 Å². The third-order valence-corrected chi connectivity index (χ3v) is 4.73. The molecule has 1 N–H and O–H groups in total. The first-order chi connectivity index (χ1) is 12.1. The van der Waals surface area contributed by atoms with Gasteiger partial charge in [0.25, 0.3) is 0 Å². The summed E-state index contributed by atoms with van der Waals surface area (Å²) < 4.78 is 5.51. The summed E-state index contributed by atoms with van der Waals surface area (Å²) in [7, 11) is 3.55. The number of aliphatic imine (C=N–C) groups is 2. The minimum Gasteiger partial charge on any atom is -0.376 e. The molecule has 0 atom stereocenters. The Balaban J connectivity index is 0.00000109. The molecule has 1 fully saturated rings. The van der Waals surface area contributed by atoms with E-state index in [0.717, 1.165) is 27.7 Å². The molecule has 0 unspecified atom stereocenters. The van der Waals surface area contributed by atoms with Gasteiger partial charge >= 0.3 is 0 Å². The lowest BCUT2D eigenvalue weighted by molar-refractivity contribution is -0.0732. The topological polar surface area (TPSA) is 46.0 Å². The molecule has 1 aromatic rings. The zero-order valence-electron chi connectivity index (χ0n) is 15.6. The van der Waals surface area contributed by atoms with E-state index in [1.165, 1.54) is 5.56 Å². The predicted octanol–water partition coefficient (Wildman–Crippen LogP) is 4.09. The Labute approximate surface area is 155 Å². The molecule has 25 heavy (non-hydrogen) atoms. The Hall–Kier alpha value is -1.91. The van der Waals surface area contributed by atoms with Gasteiger partial charge in [-0.1, -0.05) is 37.6 Å². The Kier molecular flexibility index (Phi) is 6.57. The van der Waals surface area contributed by atoms with Gasteiger partial charge in [0.15, 0.2) is 0 Å². The second-order valence-electron chi connectivity index (χ2n) is 5.76. The lowest BCUT2D eigenvalue weighted by Gasteiger charge is -2.44. The van der Waals surface area contributed by atoms with Gasteiger partial charge in [-0.2, -0.15) is 0 Å². The SMILES string of the molecule is CC.CN=C1C=CC(NC2(c3cccc(Cl)c3C)COC2)=CC1=NC. The maximum atomic E-state index is 6.30. The van der Waals surface area contributed by atoms with Gasteiger partial charge in [0.05, 0.1) is 24.6 Å². The van der Waals surface area contributed by atoms with Gasteiger partial charge in [0.2, 0.25) is 0 Å². The zero-order chi connectivity index (χ0) is 18.4. The van der Waals surface area contributed by atoms with Gasteiger partial charge in [-0.25, -0.2) is 0 Å². The third-order valence-electron chi connectivity index (χ3n) is 4.32. The van der Waals surface area contributed by atoms with Crippen molar-refractivity contribution in [2.75, 3.05) is 27.3 Å². The second-order valence-corrected chi connectivity index (χ2v) is 6.17. The number of hydrogen-bond acceptors (Lipinski definition) is 4. The van der Waals surface area contributed by atoms with Crippen LogP contribution in [-0.2, 0) is 10.3 Å². The van der Waals surface area contributed by atoms with Crippen molar-refractivity contribution < 1.29 is 4.74 Å². The molecule has 0 aromatic heterocycles. The number of hydrogen-bond donors (Lipinski definition) is 1. The second kappa shape index (κ2) is 8.45. The molecule has 2 aliphatic rings. The molecule has 4 nitrogen and oxygen atoms in total. The Morgan fingerprint density at radius 1 is 1.08 bits per heavy atom. The quantitative estimate of drug-likeness (QED) is 0.826.